The van der Waals surface area contributed by atoms with Crippen LogP contribution in [0.15, 0.2) is 10.4 Å². The van der Waals surface area contributed by atoms with Gasteiger partial charge in [-0.15, -0.1) is 35.3 Å². The van der Waals surface area contributed by atoms with E-state index in [4.69, 9.17) is 0 Å². The lowest BCUT2D eigenvalue weighted by Crippen LogP contribution is -2.47. The molecule has 0 aliphatic heterocycles. The molecular weight excluding hydrogens is 395 g/mol. The topological polar surface area (TPSA) is 49.3 Å². The van der Waals surface area contributed by atoms with Gasteiger partial charge in [-0.3, -0.25) is 4.99 Å². The molecule has 122 valence electrons. The summed E-state index contributed by atoms with van der Waals surface area (Å²) in [4.78, 5) is 9.09. The molecule has 0 spiro atoms. The Morgan fingerprint density at radius 3 is 2.57 bits per heavy atom. The second-order valence-electron chi connectivity index (χ2n) is 5.98. The fraction of sp³-hybridized carbons (Fsp3) is 0.733. The predicted molar refractivity (Wildman–Crippen MR) is 104 cm³/mol. The number of unbranched alkanes of at least 4 members (excludes halogenated alkanes) is 1. The Morgan fingerprint density at radius 1 is 1.33 bits per heavy atom. The van der Waals surface area contributed by atoms with Crippen LogP contribution in [0.5, 0.6) is 0 Å². The number of nitrogens with one attached hydrogen (secondary N) is 2. The number of hydrogen-bond donors (Lipinski definition) is 2. The third-order valence-corrected chi connectivity index (χ3v) is 3.60. The molecule has 0 saturated heterocycles. The maximum absolute atomic E-state index is 4.61. The van der Waals surface area contributed by atoms with Gasteiger partial charge in [0.05, 0.1) is 5.01 Å². The van der Waals surface area contributed by atoms with Crippen LogP contribution < -0.4 is 10.6 Å². The summed E-state index contributed by atoms with van der Waals surface area (Å²) >= 11 is 1.76. The van der Waals surface area contributed by atoms with E-state index >= 15 is 0 Å². The van der Waals surface area contributed by atoms with Crippen LogP contribution in [0, 0.1) is 6.92 Å². The highest BCUT2D eigenvalue weighted by Gasteiger charge is 2.11. The summed E-state index contributed by atoms with van der Waals surface area (Å²) in [6.45, 7) is 12.3. The summed E-state index contributed by atoms with van der Waals surface area (Å²) in [5.41, 5.74) is 1.17. The second-order valence-corrected chi connectivity index (χ2v) is 6.92. The van der Waals surface area contributed by atoms with Crippen molar-refractivity contribution in [1.29, 1.82) is 0 Å². The first-order chi connectivity index (χ1) is 9.40. The number of aryl methyl sites for hydroxylation is 2. The van der Waals surface area contributed by atoms with Gasteiger partial charge in [0.1, 0.15) is 0 Å². The van der Waals surface area contributed by atoms with Crippen molar-refractivity contribution in [1.82, 2.24) is 15.6 Å². The third-order valence-electron chi connectivity index (χ3n) is 2.57. The first-order valence-corrected chi connectivity index (χ1v) is 8.26. The first kappa shape index (κ1) is 20.6. The number of aromatic nitrogens is 1. The van der Waals surface area contributed by atoms with Crippen molar-refractivity contribution in [3.05, 3.63) is 16.1 Å². The Morgan fingerprint density at radius 2 is 2.05 bits per heavy atom. The summed E-state index contributed by atoms with van der Waals surface area (Å²) in [5, 5.41) is 10.0. The quantitative estimate of drug-likeness (QED) is 0.317. The number of guanidine groups is 1. The molecule has 1 heterocycles. The third kappa shape index (κ3) is 10.1. The maximum Gasteiger partial charge on any atom is 0.191 e. The van der Waals surface area contributed by atoms with Gasteiger partial charge >= 0.3 is 0 Å². The molecular formula is C15H29IN4S. The molecule has 4 nitrogen and oxygen atoms in total. The molecule has 1 aromatic rings. The molecule has 0 saturated carbocycles. The van der Waals surface area contributed by atoms with Crippen LogP contribution in [0.4, 0.5) is 0 Å². The molecule has 0 bridgehead atoms. The van der Waals surface area contributed by atoms with Gasteiger partial charge in [0.15, 0.2) is 5.96 Å². The molecule has 21 heavy (non-hydrogen) atoms. The molecule has 0 fully saturated rings. The summed E-state index contributed by atoms with van der Waals surface area (Å²) in [5.74, 6) is 0.907. The first-order valence-electron chi connectivity index (χ1n) is 7.38. The SMILES string of the molecule is CCNC(=NCCCCc1nc(C)cs1)NC(C)(C)C.I. The fourth-order valence-electron chi connectivity index (χ4n) is 1.76. The van der Waals surface area contributed by atoms with E-state index in [0.717, 1.165) is 44.0 Å². The largest absolute Gasteiger partial charge is 0.357 e. The minimum atomic E-state index is 0. The average Bonchev–Trinajstić information content (AvgIpc) is 2.73. The minimum Gasteiger partial charge on any atom is -0.357 e. The normalized spacial score (nSPS) is 12.0. The number of hydrogen-bond acceptors (Lipinski definition) is 3. The number of nitrogens with zero attached hydrogens (tertiary/aromatic N) is 2. The van der Waals surface area contributed by atoms with E-state index < -0.39 is 0 Å². The molecule has 0 aromatic carbocycles. The lowest BCUT2D eigenvalue weighted by atomic mass is 10.1. The van der Waals surface area contributed by atoms with Gasteiger partial charge in [-0.25, -0.2) is 4.98 Å². The van der Waals surface area contributed by atoms with Crippen molar-refractivity contribution >= 4 is 41.3 Å². The van der Waals surface area contributed by atoms with E-state index in [1.807, 2.05) is 6.92 Å². The fourth-order valence-corrected chi connectivity index (χ4v) is 2.58. The molecule has 0 atom stereocenters. The Balaban J connectivity index is 0.00000400. The Bertz CT molecular complexity index is 424. The van der Waals surface area contributed by atoms with Crippen LogP contribution in [-0.2, 0) is 6.42 Å². The zero-order chi connectivity index (χ0) is 15.0. The van der Waals surface area contributed by atoms with Crippen LogP contribution in [0.2, 0.25) is 0 Å². The van der Waals surface area contributed by atoms with E-state index in [1.165, 1.54) is 5.01 Å². The molecule has 0 radical (unpaired) electrons. The summed E-state index contributed by atoms with van der Waals surface area (Å²) in [6.07, 6.45) is 3.31. The summed E-state index contributed by atoms with van der Waals surface area (Å²) in [7, 11) is 0. The summed E-state index contributed by atoms with van der Waals surface area (Å²) in [6, 6.07) is 0. The van der Waals surface area contributed by atoms with E-state index in [1.54, 1.807) is 11.3 Å². The van der Waals surface area contributed by atoms with E-state index in [0.29, 0.717) is 0 Å². The van der Waals surface area contributed by atoms with Gasteiger partial charge < -0.3 is 10.6 Å². The van der Waals surface area contributed by atoms with Crippen molar-refractivity contribution in [3.63, 3.8) is 0 Å². The van der Waals surface area contributed by atoms with Crippen molar-refractivity contribution in [2.24, 2.45) is 4.99 Å². The molecule has 0 unspecified atom stereocenters. The Labute approximate surface area is 150 Å². The highest BCUT2D eigenvalue weighted by molar-refractivity contribution is 14.0. The van der Waals surface area contributed by atoms with Crippen LogP contribution in [0.25, 0.3) is 0 Å². The molecule has 0 amide bonds. The highest BCUT2D eigenvalue weighted by Crippen LogP contribution is 2.11. The predicted octanol–water partition coefficient (Wildman–Crippen LogP) is 3.75. The van der Waals surface area contributed by atoms with Crippen LogP contribution in [-0.4, -0.2) is 29.6 Å². The minimum absolute atomic E-state index is 0. The molecule has 6 heteroatoms. The highest BCUT2D eigenvalue weighted by atomic mass is 127. The molecule has 1 aromatic heterocycles. The smallest absolute Gasteiger partial charge is 0.191 e. The second kappa shape index (κ2) is 10.4. The van der Waals surface area contributed by atoms with Crippen LogP contribution in [0.1, 0.15) is 51.2 Å². The van der Waals surface area contributed by atoms with Gasteiger partial charge in [0.2, 0.25) is 0 Å². The zero-order valence-corrected chi connectivity index (χ0v) is 17.0. The number of thiazole rings is 1. The van der Waals surface area contributed by atoms with Crippen LogP contribution >= 0.6 is 35.3 Å². The van der Waals surface area contributed by atoms with E-state index in [2.05, 4.69) is 53.7 Å². The standard InChI is InChI=1S/C15H28N4S.HI/c1-6-16-14(19-15(3,4)5)17-10-8-7-9-13-18-12(2)11-20-13;/h11H,6-10H2,1-5H3,(H2,16,17,19);1H. The van der Waals surface area contributed by atoms with Crippen LogP contribution in [0.3, 0.4) is 0 Å². The van der Waals surface area contributed by atoms with Gasteiger partial charge in [-0.1, -0.05) is 0 Å². The lowest BCUT2D eigenvalue weighted by Gasteiger charge is -2.23. The van der Waals surface area contributed by atoms with Crippen molar-refractivity contribution in [3.8, 4) is 0 Å². The Hall–Kier alpha value is -0.370. The zero-order valence-electron chi connectivity index (χ0n) is 13.8. The molecule has 0 aliphatic carbocycles. The van der Waals surface area contributed by atoms with Crippen molar-refractivity contribution in [2.45, 2.75) is 59.4 Å². The van der Waals surface area contributed by atoms with Crippen molar-refractivity contribution in [2.75, 3.05) is 13.1 Å². The monoisotopic (exact) mass is 424 g/mol. The number of rotatable bonds is 6. The van der Waals surface area contributed by atoms with Gasteiger partial charge in [0, 0.05) is 29.7 Å². The molecule has 0 aliphatic rings. The Kier molecular flexibility index (Phi) is 10.2. The summed E-state index contributed by atoms with van der Waals surface area (Å²) < 4.78 is 0. The van der Waals surface area contributed by atoms with E-state index in [9.17, 15) is 0 Å². The molecule has 1 rings (SSSR count). The van der Waals surface area contributed by atoms with Crippen molar-refractivity contribution < 1.29 is 0 Å². The molecule has 2 N–H and O–H groups in total. The number of halogens is 1. The lowest BCUT2D eigenvalue weighted by molar-refractivity contribution is 0.501. The maximum atomic E-state index is 4.61. The van der Waals surface area contributed by atoms with Gasteiger partial charge in [0.25, 0.3) is 0 Å². The van der Waals surface area contributed by atoms with Gasteiger partial charge in [-0.2, -0.15) is 0 Å². The average molecular weight is 424 g/mol. The number of aliphatic imine (C=N–C) groups is 1. The van der Waals surface area contributed by atoms with E-state index in [-0.39, 0.29) is 29.5 Å². The van der Waals surface area contributed by atoms with Gasteiger partial charge in [-0.05, 0) is 53.9 Å².